The minimum atomic E-state index is -2.87. The first-order valence-corrected chi connectivity index (χ1v) is 20.8. The van der Waals surface area contributed by atoms with E-state index in [9.17, 15) is 37.1 Å². The topological polar surface area (TPSA) is 93.2 Å². The molecule has 2 aromatic rings. The molecule has 0 bridgehead atoms. The van der Waals surface area contributed by atoms with Gasteiger partial charge in [-0.1, -0.05) is 88.4 Å². The van der Waals surface area contributed by atoms with Crippen molar-refractivity contribution >= 4 is 17.9 Å². The number of amides is 3. The molecule has 59 heavy (non-hydrogen) atoms. The SMILES string of the molecule is CC1=C(C=CC(=O)N2CCN(C(=O)O)C(CC3c4ccccc4-c4ccccc43)C2)C(C)(C)CCC1(F)F.CC1=C(C=CC(=O)N2CCNCC2)C(C)(C)CCC1(F)F. The summed E-state index contributed by atoms with van der Waals surface area (Å²) in [4.78, 5) is 42.3. The number of hydrogen-bond donors (Lipinski definition) is 2. The number of nitrogens with one attached hydrogen (secondary N) is 1. The van der Waals surface area contributed by atoms with E-state index in [2.05, 4.69) is 29.6 Å². The van der Waals surface area contributed by atoms with Crippen LogP contribution < -0.4 is 5.32 Å². The average Bonchev–Trinajstić information content (AvgIpc) is 3.51. The number of carbonyl (C=O) groups is 3. The Morgan fingerprint density at radius 2 is 1.15 bits per heavy atom. The molecule has 0 spiro atoms. The summed E-state index contributed by atoms with van der Waals surface area (Å²) >= 11 is 0. The van der Waals surface area contributed by atoms with Gasteiger partial charge in [-0.2, -0.15) is 0 Å². The van der Waals surface area contributed by atoms with Crippen molar-refractivity contribution in [3.05, 3.63) is 106 Å². The smallest absolute Gasteiger partial charge is 0.407 e. The molecule has 0 saturated carbocycles. The summed E-state index contributed by atoms with van der Waals surface area (Å²) in [6.45, 7) is 14.3. The predicted octanol–water partition coefficient (Wildman–Crippen LogP) is 9.45. The number of carboxylic acid groups (broad SMARTS) is 1. The maximum Gasteiger partial charge on any atom is 0.407 e. The van der Waals surface area contributed by atoms with Gasteiger partial charge in [0.1, 0.15) is 0 Å². The van der Waals surface area contributed by atoms with Crippen LogP contribution in [-0.4, -0.2) is 101 Å². The maximum atomic E-state index is 14.4. The number of alkyl halides is 4. The summed E-state index contributed by atoms with van der Waals surface area (Å²) in [5.41, 5.74) is 5.13. The van der Waals surface area contributed by atoms with E-state index in [1.54, 1.807) is 22.0 Å². The molecule has 1 unspecified atom stereocenters. The Kier molecular flexibility index (Phi) is 12.7. The first-order chi connectivity index (χ1) is 27.7. The van der Waals surface area contributed by atoms with Crippen LogP contribution in [0.5, 0.6) is 0 Å². The van der Waals surface area contributed by atoms with Gasteiger partial charge in [0.05, 0.1) is 6.04 Å². The third-order valence-electron chi connectivity index (χ3n) is 13.2. The number of carbonyl (C=O) groups excluding carboxylic acids is 2. The molecule has 2 N–H and O–H groups in total. The molecule has 12 heteroatoms. The molecule has 2 aliphatic heterocycles. The lowest BCUT2D eigenvalue weighted by Gasteiger charge is -2.41. The van der Waals surface area contributed by atoms with Crippen molar-refractivity contribution in [2.45, 2.75) is 97.5 Å². The zero-order valence-electron chi connectivity index (χ0n) is 35.1. The van der Waals surface area contributed by atoms with Crippen LogP contribution in [0.1, 0.15) is 90.7 Å². The van der Waals surface area contributed by atoms with E-state index in [4.69, 9.17) is 0 Å². The van der Waals surface area contributed by atoms with Gasteiger partial charge >= 0.3 is 6.09 Å². The van der Waals surface area contributed by atoms with E-state index < -0.39 is 23.4 Å². The van der Waals surface area contributed by atoms with Crippen molar-refractivity contribution < 1.29 is 37.1 Å². The summed E-state index contributed by atoms with van der Waals surface area (Å²) in [5, 5.41) is 13.1. The van der Waals surface area contributed by atoms with Crippen LogP contribution >= 0.6 is 0 Å². The maximum absolute atomic E-state index is 14.4. The van der Waals surface area contributed by atoms with Crippen LogP contribution in [0.15, 0.2) is 95.1 Å². The van der Waals surface area contributed by atoms with Crippen LogP contribution in [0.4, 0.5) is 22.4 Å². The monoisotopic (exact) mass is 818 g/mol. The number of fused-ring (bicyclic) bond motifs is 3. The number of rotatable bonds is 6. The summed E-state index contributed by atoms with van der Waals surface area (Å²) in [6, 6.07) is 16.0. The van der Waals surface area contributed by atoms with E-state index in [1.165, 1.54) is 42.0 Å². The van der Waals surface area contributed by atoms with E-state index in [0.29, 0.717) is 43.5 Å². The Hall–Kier alpha value is -4.71. The Morgan fingerprint density at radius 3 is 1.63 bits per heavy atom. The van der Waals surface area contributed by atoms with Gasteiger partial charge in [0.25, 0.3) is 11.8 Å². The quantitative estimate of drug-likeness (QED) is 0.224. The van der Waals surface area contributed by atoms with Crippen LogP contribution in [0.2, 0.25) is 0 Å². The summed E-state index contributed by atoms with van der Waals surface area (Å²) in [7, 11) is 0. The van der Waals surface area contributed by atoms with Crippen molar-refractivity contribution in [2.24, 2.45) is 10.8 Å². The van der Waals surface area contributed by atoms with E-state index in [-0.39, 0.29) is 72.8 Å². The standard InChI is InChI=1S/C31H34F2N2O3.C16H24F2N2O/c1-20-27(30(2,3)14-15-31(20,32)33)12-13-28(36)34-16-17-35(29(37)38)21(19-34)18-26-24-10-6-4-8-22(24)23-9-5-7-11-25(23)26;1-12-13(15(2,3)6-7-16(12,17)18)4-5-14(21)20-10-8-19-9-11-20/h4-13,21,26H,14-19H2,1-3H3,(H,37,38);4-5,19H,6-11H2,1-3H3. The highest BCUT2D eigenvalue weighted by Gasteiger charge is 2.44. The van der Waals surface area contributed by atoms with Gasteiger partial charge in [-0.3, -0.25) is 9.59 Å². The molecular weight excluding hydrogens is 761 g/mol. The average molecular weight is 819 g/mol. The summed E-state index contributed by atoms with van der Waals surface area (Å²) in [5.74, 6) is -5.98. The van der Waals surface area contributed by atoms with Crippen molar-refractivity contribution in [3.63, 3.8) is 0 Å². The van der Waals surface area contributed by atoms with Crippen LogP contribution in [0.3, 0.4) is 0 Å². The number of nitrogens with zero attached hydrogens (tertiary/aromatic N) is 3. The van der Waals surface area contributed by atoms with Crippen LogP contribution in [0.25, 0.3) is 11.1 Å². The Balaban J connectivity index is 0.000000236. The van der Waals surface area contributed by atoms with Crippen molar-refractivity contribution in [1.82, 2.24) is 20.0 Å². The van der Waals surface area contributed by atoms with E-state index in [0.717, 1.165) is 24.2 Å². The molecule has 1 atom stereocenters. The molecule has 2 fully saturated rings. The number of allylic oxidation sites excluding steroid dienone is 6. The van der Waals surface area contributed by atoms with Gasteiger partial charge in [0.15, 0.2) is 0 Å². The number of piperazine rings is 2. The molecule has 318 valence electrons. The molecule has 2 heterocycles. The summed E-state index contributed by atoms with van der Waals surface area (Å²) in [6.07, 6.45) is 6.01. The third kappa shape index (κ3) is 9.37. The first-order valence-electron chi connectivity index (χ1n) is 20.8. The molecule has 0 radical (unpaired) electrons. The minimum absolute atomic E-state index is 0.0185. The highest BCUT2D eigenvalue weighted by atomic mass is 19.3. The van der Waals surface area contributed by atoms with Crippen LogP contribution in [0, 0.1) is 10.8 Å². The lowest BCUT2D eigenvalue weighted by atomic mass is 9.71. The second-order valence-electron chi connectivity index (χ2n) is 17.9. The Bertz CT molecular complexity index is 2020. The molecule has 2 aromatic carbocycles. The summed E-state index contributed by atoms with van der Waals surface area (Å²) < 4.78 is 56.5. The molecule has 7 rings (SSSR count). The predicted molar refractivity (Wildman–Crippen MR) is 222 cm³/mol. The minimum Gasteiger partial charge on any atom is -0.465 e. The normalized spacial score (nSPS) is 23.6. The second-order valence-corrected chi connectivity index (χ2v) is 17.9. The zero-order chi connectivity index (χ0) is 42.9. The second kappa shape index (κ2) is 17.1. The number of hydrogen-bond acceptors (Lipinski definition) is 4. The fourth-order valence-corrected chi connectivity index (χ4v) is 9.39. The van der Waals surface area contributed by atoms with Gasteiger partial charge in [0.2, 0.25) is 11.8 Å². The van der Waals surface area contributed by atoms with Crippen molar-refractivity contribution in [3.8, 4) is 11.1 Å². The van der Waals surface area contributed by atoms with Crippen LogP contribution in [-0.2, 0) is 9.59 Å². The van der Waals surface area contributed by atoms with Gasteiger partial charge in [0, 0.05) is 76.7 Å². The van der Waals surface area contributed by atoms with E-state index in [1.807, 2.05) is 52.0 Å². The van der Waals surface area contributed by atoms with Gasteiger partial charge < -0.3 is 25.1 Å². The highest BCUT2D eigenvalue weighted by Crippen LogP contribution is 2.50. The lowest BCUT2D eigenvalue weighted by molar-refractivity contribution is -0.129. The highest BCUT2D eigenvalue weighted by molar-refractivity contribution is 5.89. The lowest BCUT2D eigenvalue weighted by Crippen LogP contribution is -2.56. The van der Waals surface area contributed by atoms with Crippen molar-refractivity contribution in [2.75, 3.05) is 45.8 Å². The fourth-order valence-electron chi connectivity index (χ4n) is 9.39. The third-order valence-corrected chi connectivity index (χ3v) is 13.2. The number of benzene rings is 2. The Morgan fingerprint density at radius 1 is 0.695 bits per heavy atom. The molecule has 3 aliphatic carbocycles. The molecule has 0 aromatic heterocycles. The van der Waals surface area contributed by atoms with E-state index >= 15 is 0 Å². The molecule has 3 amide bonds. The Labute approximate surface area is 345 Å². The van der Waals surface area contributed by atoms with Gasteiger partial charge in [-0.25, -0.2) is 22.4 Å². The fraction of sp³-hybridized carbons (Fsp3) is 0.511. The van der Waals surface area contributed by atoms with Gasteiger partial charge in [-0.15, -0.1) is 0 Å². The molecule has 8 nitrogen and oxygen atoms in total. The number of halogens is 4. The zero-order valence-corrected chi connectivity index (χ0v) is 35.1. The molecule has 2 saturated heterocycles. The largest absolute Gasteiger partial charge is 0.465 e. The van der Waals surface area contributed by atoms with Gasteiger partial charge in [-0.05, 0) is 88.5 Å². The molecule has 5 aliphatic rings. The first kappa shape index (κ1) is 43.9. The van der Waals surface area contributed by atoms with Crippen molar-refractivity contribution in [1.29, 1.82) is 0 Å². The molecular formula is C47H58F4N4O4.